The predicted molar refractivity (Wildman–Crippen MR) is 93.1 cm³/mol. The highest BCUT2D eigenvalue weighted by Gasteiger charge is 2.28. The zero-order chi connectivity index (χ0) is 17.1. The second-order valence-corrected chi connectivity index (χ2v) is 6.53. The Morgan fingerprint density at radius 3 is 2.75 bits per heavy atom. The van der Waals surface area contributed by atoms with Gasteiger partial charge in [0.2, 0.25) is 5.88 Å². The molecule has 1 aromatic heterocycles. The van der Waals surface area contributed by atoms with Crippen LogP contribution in [-0.4, -0.2) is 41.4 Å². The fourth-order valence-electron chi connectivity index (χ4n) is 3.07. The molecule has 1 aromatic carbocycles. The first-order valence-electron chi connectivity index (χ1n) is 8.36. The van der Waals surface area contributed by atoms with Gasteiger partial charge in [-0.2, -0.15) is 5.10 Å². The van der Waals surface area contributed by atoms with Crippen LogP contribution in [0.25, 0.3) is 0 Å². The smallest absolute Gasteiger partial charge is 0.233 e. The van der Waals surface area contributed by atoms with Gasteiger partial charge in [0, 0.05) is 25.2 Å². The Hall–Kier alpha value is -1.98. The molecule has 0 unspecified atom stereocenters. The lowest BCUT2D eigenvalue weighted by molar-refractivity contribution is -0.0640. The maximum absolute atomic E-state index is 6.12. The van der Waals surface area contributed by atoms with Crippen LogP contribution in [0.5, 0.6) is 5.88 Å². The van der Waals surface area contributed by atoms with Gasteiger partial charge in [0.05, 0.1) is 25.5 Å². The van der Waals surface area contributed by atoms with Crippen molar-refractivity contribution < 1.29 is 9.47 Å². The summed E-state index contributed by atoms with van der Waals surface area (Å²) in [4.78, 5) is 2.41. The minimum atomic E-state index is 0.104. The Labute approximate surface area is 143 Å². The van der Waals surface area contributed by atoms with Crippen molar-refractivity contribution in [2.45, 2.75) is 39.5 Å². The van der Waals surface area contributed by atoms with Gasteiger partial charge in [-0.15, -0.1) is 5.10 Å². The molecule has 0 saturated carbocycles. The van der Waals surface area contributed by atoms with E-state index in [1.54, 1.807) is 7.11 Å². The number of aromatic nitrogens is 2. The number of morpholine rings is 1. The molecular weight excluding hydrogens is 302 g/mol. The first kappa shape index (κ1) is 16.9. The molecule has 2 aromatic rings. The van der Waals surface area contributed by atoms with E-state index < -0.39 is 0 Å². The third-order valence-electron chi connectivity index (χ3n) is 4.61. The van der Waals surface area contributed by atoms with E-state index in [1.165, 1.54) is 16.7 Å². The lowest BCUT2D eigenvalue weighted by Gasteiger charge is -2.38. The van der Waals surface area contributed by atoms with Crippen LogP contribution < -0.4 is 4.74 Å². The van der Waals surface area contributed by atoms with Crippen LogP contribution in [0.3, 0.4) is 0 Å². The zero-order valence-corrected chi connectivity index (χ0v) is 14.8. The Morgan fingerprint density at radius 2 is 2.04 bits per heavy atom. The first-order chi connectivity index (χ1) is 11.6. The first-order valence-corrected chi connectivity index (χ1v) is 8.36. The number of nitrogens with zero attached hydrogens (tertiary/aromatic N) is 3. The summed E-state index contributed by atoms with van der Waals surface area (Å²) in [6.07, 6.45) is 0.104. The van der Waals surface area contributed by atoms with Crippen molar-refractivity contribution in [3.05, 3.63) is 52.7 Å². The Bertz CT molecular complexity index is 688. The summed E-state index contributed by atoms with van der Waals surface area (Å²) in [7, 11) is 1.60. The van der Waals surface area contributed by atoms with E-state index in [2.05, 4.69) is 54.1 Å². The van der Waals surface area contributed by atoms with Gasteiger partial charge in [0.15, 0.2) is 0 Å². The van der Waals surface area contributed by atoms with Crippen LogP contribution in [0.1, 0.15) is 35.4 Å². The highest BCUT2D eigenvalue weighted by atomic mass is 16.5. The van der Waals surface area contributed by atoms with Gasteiger partial charge in [0.25, 0.3) is 0 Å². The molecule has 128 valence electrons. The highest BCUT2D eigenvalue weighted by molar-refractivity contribution is 5.32. The average molecular weight is 327 g/mol. The van der Waals surface area contributed by atoms with E-state index in [0.29, 0.717) is 11.9 Å². The topological polar surface area (TPSA) is 47.5 Å². The van der Waals surface area contributed by atoms with Crippen LogP contribution >= 0.6 is 0 Å². The van der Waals surface area contributed by atoms with E-state index in [-0.39, 0.29) is 6.10 Å². The zero-order valence-electron chi connectivity index (χ0n) is 14.8. The normalized spacial score (nSPS) is 21.7. The van der Waals surface area contributed by atoms with Gasteiger partial charge in [-0.3, -0.25) is 4.90 Å². The van der Waals surface area contributed by atoms with E-state index in [9.17, 15) is 0 Å². The predicted octanol–water partition coefficient (Wildman–Crippen LogP) is 3.06. The molecule has 5 heteroatoms. The summed E-state index contributed by atoms with van der Waals surface area (Å²) >= 11 is 0. The SMILES string of the molecule is COc1ccc(CN2C[C@H](c3cc(C)ccc3C)OC[C@@H]2C)nn1. The number of hydrogen-bond acceptors (Lipinski definition) is 5. The van der Waals surface area contributed by atoms with E-state index in [0.717, 1.165) is 25.4 Å². The third-order valence-corrected chi connectivity index (χ3v) is 4.61. The van der Waals surface area contributed by atoms with Crippen LogP contribution in [-0.2, 0) is 11.3 Å². The summed E-state index contributed by atoms with van der Waals surface area (Å²) in [6, 6.07) is 10.7. The lowest BCUT2D eigenvalue weighted by Crippen LogP contribution is -2.44. The molecule has 0 amide bonds. The number of ether oxygens (including phenoxy) is 2. The van der Waals surface area contributed by atoms with Gasteiger partial charge in [0.1, 0.15) is 0 Å². The molecule has 1 aliphatic heterocycles. The van der Waals surface area contributed by atoms with Crippen LogP contribution in [0.2, 0.25) is 0 Å². The molecule has 0 spiro atoms. The minimum Gasteiger partial charge on any atom is -0.480 e. The second-order valence-electron chi connectivity index (χ2n) is 6.53. The summed E-state index contributed by atoms with van der Waals surface area (Å²) in [5.41, 5.74) is 4.78. The van der Waals surface area contributed by atoms with E-state index >= 15 is 0 Å². The number of aryl methyl sites for hydroxylation is 2. The van der Waals surface area contributed by atoms with Gasteiger partial charge in [-0.1, -0.05) is 23.8 Å². The van der Waals surface area contributed by atoms with Crippen LogP contribution in [0.15, 0.2) is 30.3 Å². The van der Waals surface area contributed by atoms with Gasteiger partial charge in [-0.05, 0) is 38.0 Å². The lowest BCUT2D eigenvalue weighted by atomic mass is 9.99. The third kappa shape index (κ3) is 3.74. The van der Waals surface area contributed by atoms with Crippen LogP contribution in [0, 0.1) is 13.8 Å². The summed E-state index contributed by atoms with van der Waals surface area (Å²) in [6.45, 7) is 8.81. The highest BCUT2D eigenvalue weighted by Crippen LogP contribution is 2.28. The van der Waals surface area contributed by atoms with Crippen molar-refractivity contribution in [1.29, 1.82) is 0 Å². The second kappa shape index (κ2) is 7.28. The molecule has 0 radical (unpaired) electrons. The maximum Gasteiger partial charge on any atom is 0.233 e. The van der Waals surface area contributed by atoms with Crippen molar-refractivity contribution in [1.82, 2.24) is 15.1 Å². The monoisotopic (exact) mass is 327 g/mol. The van der Waals surface area contributed by atoms with Crippen molar-refractivity contribution in [3.8, 4) is 5.88 Å². The van der Waals surface area contributed by atoms with Crippen molar-refractivity contribution >= 4 is 0 Å². The number of hydrogen-bond donors (Lipinski definition) is 0. The molecule has 1 fully saturated rings. The average Bonchev–Trinajstić information content (AvgIpc) is 2.60. The molecular formula is C19H25N3O2. The molecule has 24 heavy (non-hydrogen) atoms. The minimum absolute atomic E-state index is 0.104. The van der Waals surface area contributed by atoms with E-state index in [1.807, 2.05) is 12.1 Å². The summed E-state index contributed by atoms with van der Waals surface area (Å²) in [5, 5.41) is 8.31. The molecule has 0 N–H and O–H groups in total. The van der Waals surface area contributed by atoms with Crippen molar-refractivity contribution in [2.24, 2.45) is 0 Å². The Morgan fingerprint density at radius 1 is 1.21 bits per heavy atom. The van der Waals surface area contributed by atoms with Gasteiger partial charge >= 0.3 is 0 Å². The van der Waals surface area contributed by atoms with Crippen molar-refractivity contribution in [2.75, 3.05) is 20.3 Å². The molecule has 1 aliphatic rings. The molecule has 1 saturated heterocycles. The number of benzene rings is 1. The standard InChI is InChI=1S/C19H25N3O2/c1-13-5-6-14(2)17(9-13)18-11-22(15(3)12-24-18)10-16-7-8-19(23-4)21-20-16/h5-9,15,18H,10-12H2,1-4H3/t15-,18+/m0/s1. The van der Waals surface area contributed by atoms with Crippen LogP contribution in [0.4, 0.5) is 0 Å². The quantitative estimate of drug-likeness (QED) is 0.864. The molecule has 2 atom stereocenters. The van der Waals surface area contributed by atoms with Gasteiger partial charge < -0.3 is 9.47 Å². The van der Waals surface area contributed by atoms with Gasteiger partial charge in [-0.25, -0.2) is 0 Å². The molecule has 5 nitrogen and oxygen atoms in total. The molecule has 2 heterocycles. The van der Waals surface area contributed by atoms with Crippen molar-refractivity contribution in [3.63, 3.8) is 0 Å². The summed E-state index contributed by atoms with van der Waals surface area (Å²) < 4.78 is 11.2. The molecule has 0 bridgehead atoms. The fraction of sp³-hybridized carbons (Fsp3) is 0.474. The summed E-state index contributed by atoms with van der Waals surface area (Å²) in [5.74, 6) is 0.544. The number of methoxy groups -OCH3 is 1. The molecule has 0 aliphatic carbocycles. The number of rotatable bonds is 4. The Balaban J connectivity index is 1.74. The maximum atomic E-state index is 6.12. The molecule has 3 rings (SSSR count). The Kier molecular flexibility index (Phi) is 5.11. The largest absolute Gasteiger partial charge is 0.480 e. The fourth-order valence-corrected chi connectivity index (χ4v) is 3.07. The van der Waals surface area contributed by atoms with E-state index in [4.69, 9.17) is 9.47 Å².